The highest BCUT2D eigenvalue weighted by molar-refractivity contribution is 6.28. The molecule has 96 valence electrons. The van der Waals surface area contributed by atoms with Gasteiger partial charge in [0.05, 0.1) is 16.7 Å². The fourth-order valence-electron chi connectivity index (χ4n) is 2.63. The van der Waals surface area contributed by atoms with Gasteiger partial charge in [-0.3, -0.25) is 14.4 Å². The summed E-state index contributed by atoms with van der Waals surface area (Å²) in [4.78, 5) is 36.9. The molecule has 0 unspecified atom stereocenters. The van der Waals surface area contributed by atoms with Crippen LogP contribution in [0.25, 0.3) is 0 Å². The number of rotatable bonds is 0. The number of Topliss-reactive ketones (excluding diaryl/α,β-unsaturated/α-hetero) is 3. The molecule has 0 aromatic rings. The molecule has 0 atom stereocenters. The second kappa shape index (κ2) is 3.50. The first-order valence-electron chi connectivity index (χ1n) is 5.98. The zero-order valence-corrected chi connectivity index (χ0v) is 11.8. The molecular formula is C14H22O3. The van der Waals surface area contributed by atoms with Crippen LogP contribution in [0, 0.1) is 22.2 Å². The predicted octanol–water partition coefficient (Wildman–Crippen LogP) is 2.42. The maximum atomic E-state index is 12.4. The lowest BCUT2D eigenvalue weighted by atomic mass is 9.54. The van der Waals surface area contributed by atoms with Gasteiger partial charge in [0.15, 0.2) is 17.3 Å². The normalized spacial score (nSPS) is 25.2. The van der Waals surface area contributed by atoms with Gasteiger partial charge in [0.25, 0.3) is 0 Å². The van der Waals surface area contributed by atoms with Crippen LogP contribution < -0.4 is 0 Å². The van der Waals surface area contributed by atoms with Gasteiger partial charge in [-0.2, -0.15) is 0 Å². The molecule has 1 saturated carbocycles. The lowest BCUT2D eigenvalue weighted by molar-refractivity contribution is -0.163. The van der Waals surface area contributed by atoms with E-state index in [0.717, 1.165) is 0 Å². The lowest BCUT2D eigenvalue weighted by Gasteiger charge is -2.44. The van der Waals surface area contributed by atoms with Crippen LogP contribution in [0.1, 0.15) is 48.5 Å². The summed E-state index contributed by atoms with van der Waals surface area (Å²) in [5.74, 6) is -1.43. The molecule has 0 radical (unpaired) electrons. The highest BCUT2D eigenvalue weighted by atomic mass is 16.2. The van der Waals surface area contributed by atoms with E-state index in [1.165, 1.54) is 0 Å². The molecule has 0 aromatic heterocycles. The Morgan fingerprint density at radius 1 is 0.824 bits per heavy atom. The summed E-state index contributed by atoms with van der Waals surface area (Å²) < 4.78 is 0. The van der Waals surface area contributed by atoms with Crippen LogP contribution in [0.4, 0.5) is 0 Å². The van der Waals surface area contributed by atoms with E-state index in [1.807, 2.05) is 20.8 Å². The summed E-state index contributed by atoms with van der Waals surface area (Å²) in [6, 6.07) is 0. The number of hydrogen-bond acceptors (Lipinski definition) is 3. The highest BCUT2D eigenvalue weighted by Crippen LogP contribution is 2.46. The van der Waals surface area contributed by atoms with Crippen molar-refractivity contribution in [2.75, 3.05) is 0 Å². The van der Waals surface area contributed by atoms with E-state index in [-0.39, 0.29) is 17.3 Å². The third-order valence-corrected chi connectivity index (χ3v) is 3.76. The van der Waals surface area contributed by atoms with Crippen LogP contribution in [-0.2, 0) is 14.4 Å². The van der Waals surface area contributed by atoms with Crippen LogP contribution >= 0.6 is 0 Å². The Labute approximate surface area is 103 Å². The zero-order valence-electron chi connectivity index (χ0n) is 11.8. The van der Waals surface area contributed by atoms with Gasteiger partial charge in [0.2, 0.25) is 0 Å². The van der Waals surface area contributed by atoms with Gasteiger partial charge in [0, 0.05) is 0 Å². The van der Waals surface area contributed by atoms with E-state index in [1.54, 1.807) is 27.7 Å². The van der Waals surface area contributed by atoms with Gasteiger partial charge >= 0.3 is 0 Å². The second-order valence-electron chi connectivity index (χ2n) is 7.11. The minimum absolute atomic E-state index is 0.237. The van der Waals surface area contributed by atoms with Crippen molar-refractivity contribution in [3.8, 4) is 0 Å². The first-order chi connectivity index (χ1) is 7.34. The Bertz CT molecular complexity index is 364. The Morgan fingerprint density at radius 2 is 1.12 bits per heavy atom. The van der Waals surface area contributed by atoms with Crippen molar-refractivity contribution < 1.29 is 14.4 Å². The smallest absolute Gasteiger partial charge is 0.158 e. The molecule has 0 bridgehead atoms. The summed E-state index contributed by atoms with van der Waals surface area (Å²) >= 11 is 0. The molecule has 3 heteroatoms. The van der Waals surface area contributed by atoms with Crippen molar-refractivity contribution in [2.24, 2.45) is 22.2 Å². The first-order valence-corrected chi connectivity index (χ1v) is 5.98. The van der Waals surface area contributed by atoms with Crippen LogP contribution in [0.2, 0.25) is 0 Å². The standard InChI is InChI=1S/C14H22O3/c1-12(2,3)8-9(15)13(4,5)11(17)14(6,7)10(8)16/h8H,1-7H3. The molecule has 0 heterocycles. The molecule has 1 aliphatic carbocycles. The largest absolute Gasteiger partial charge is 0.298 e. The van der Waals surface area contributed by atoms with Crippen LogP contribution in [0.15, 0.2) is 0 Å². The number of ketones is 3. The number of carbonyl (C=O) groups excluding carboxylic acids is 3. The van der Waals surface area contributed by atoms with E-state index < -0.39 is 22.2 Å². The molecule has 0 amide bonds. The predicted molar refractivity (Wildman–Crippen MR) is 65.5 cm³/mol. The number of hydrogen-bond donors (Lipinski definition) is 0. The van der Waals surface area contributed by atoms with Crippen molar-refractivity contribution >= 4 is 17.3 Å². The Hall–Kier alpha value is -0.990. The molecule has 0 aromatic carbocycles. The third kappa shape index (κ3) is 1.85. The van der Waals surface area contributed by atoms with Crippen molar-refractivity contribution in [3.63, 3.8) is 0 Å². The quantitative estimate of drug-likeness (QED) is 0.609. The fraction of sp³-hybridized carbons (Fsp3) is 0.786. The molecule has 1 aliphatic rings. The third-order valence-electron chi connectivity index (χ3n) is 3.76. The van der Waals surface area contributed by atoms with E-state index in [0.29, 0.717) is 0 Å². The van der Waals surface area contributed by atoms with Crippen LogP contribution in [-0.4, -0.2) is 17.3 Å². The lowest BCUT2D eigenvalue weighted by Crippen LogP contribution is -2.60. The Morgan fingerprint density at radius 3 is 1.35 bits per heavy atom. The summed E-state index contributed by atoms with van der Waals surface area (Å²) in [5, 5.41) is 0. The molecular weight excluding hydrogens is 216 g/mol. The summed E-state index contributed by atoms with van der Waals surface area (Å²) in [7, 11) is 0. The average molecular weight is 238 g/mol. The second-order valence-corrected chi connectivity index (χ2v) is 7.11. The van der Waals surface area contributed by atoms with Gasteiger partial charge in [-0.25, -0.2) is 0 Å². The molecule has 1 fully saturated rings. The van der Waals surface area contributed by atoms with Gasteiger partial charge in [0.1, 0.15) is 0 Å². The molecule has 0 aliphatic heterocycles. The van der Waals surface area contributed by atoms with E-state index in [2.05, 4.69) is 0 Å². The van der Waals surface area contributed by atoms with Gasteiger partial charge in [-0.15, -0.1) is 0 Å². The minimum Gasteiger partial charge on any atom is -0.298 e. The van der Waals surface area contributed by atoms with Crippen molar-refractivity contribution in [3.05, 3.63) is 0 Å². The molecule has 3 nitrogen and oxygen atoms in total. The van der Waals surface area contributed by atoms with Gasteiger partial charge < -0.3 is 0 Å². The van der Waals surface area contributed by atoms with E-state index in [4.69, 9.17) is 0 Å². The van der Waals surface area contributed by atoms with Crippen molar-refractivity contribution in [2.45, 2.75) is 48.5 Å². The molecule has 0 N–H and O–H groups in total. The highest BCUT2D eigenvalue weighted by Gasteiger charge is 2.60. The molecule has 0 saturated heterocycles. The maximum absolute atomic E-state index is 12.4. The van der Waals surface area contributed by atoms with Crippen molar-refractivity contribution in [1.29, 1.82) is 0 Å². The fourth-order valence-corrected chi connectivity index (χ4v) is 2.63. The SMILES string of the molecule is CC1(C)C(=O)C(C(C)(C)C)C(=O)C(C)(C)C1=O. The van der Waals surface area contributed by atoms with Crippen molar-refractivity contribution in [1.82, 2.24) is 0 Å². The van der Waals surface area contributed by atoms with Gasteiger partial charge in [-0.05, 0) is 33.1 Å². The Balaban J connectivity index is 3.42. The maximum Gasteiger partial charge on any atom is 0.158 e. The molecule has 0 spiro atoms. The first kappa shape index (κ1) is 14.1. The van der Waals surface area contributed by atoms with Gasteiger partial charge in [-0.1, -0.05) is 20.8 Å². The monoisotopic (exact) mass is 238 g/mol. The molecule has 1 rings (SSSR count). The van der Waals surface area contributed by atoms with E-state index in [9.17, 15) is 14.4 Å². The number of carbonyl (C=O) groups is 3. The minimum atomic E-state index is -1.06. The summed E-state index contributed by atoms with van der Waals surface area (Å²) in [5.41, 5.74) is -2.56. The topological polar surface area (TPSA) is 51.2 Å². The summed E-state index contributed by atoms with van der Waals surface area (Å²) in [6.07, 6.45) is 0. The Kier molecular flexibility index (Phi) is 2.90. The molecule has 17 heavy (non-hydrogen) atoms. The van der Waals surface area contributed by atoms with Crippen LogP contribution in [0.3, 0.4) is 0 Å². The average Bonchev–Trinajstić information content (AvgIpc) is 2.12. The summed E-state index contributed by atoms with van der Waals surface area (Å²) in [6.45, 7) is 12.1. The van der Waals surface area contributed by atoms with Crippen LogP contribution in [0.5, 0.6) is 0 Å². The zero-order chi connectivity index (χ0) is 13.8. The van der Waals surface area contributed by atoms with E-state index >= 15 is 0 Å².